The first-order valence-electron chi connectivity index (χ1n) is 9.38. The van der Waals surface area contributed by atoms with Gasteiger partial charge in [0, 0.05) is 26.4 Å². The van der Waals surface area contributed by atoms with Crippen molar-refractivity contribution in [2.24, 2.45) is 5.92 Å². The van der Waals surface area contributed by atoms with Gasteiger partial charge >= 0.3 is 12.1 Å². The molecule has 2 aromatic carbocycles. The number of carbonyl (C=O) groups is 2. The molecule has 0 aliphatic carbocycles. The molecule has 28 heavy (non-hydrogen) atoms. The van der Waals surface area contributed by atoms with E-state index < -0.39 is 12.2 Å². The lowest BCUT2D eigenvalue weighted by Gasteiger charge is -2.31. The van der Waals surface area contributed by atoms with Crippen molar-refractivity contribution in [3.63, 3.8) is 0 Å². The van der Waals surface area contributed by atoms with E-state index in [-0.39, 0.29) is 30.7 Å². The number of rotatable bonds is 5. The molecule has 1 amide bonds. The van der Waals surface area contributed by atoms with E-state index in [1.54, 1.807) is 7.05 Å². The van der Waals surface area contributed by atoms with Gasteiger partial charge in [-0.15, -0.1) is 0 Å². The highest BCUT2D eigenvalue weighted by molar-refractivity contribution is 5.68. The molecule has 4 rings (SSSR count). The first-order valence-corrected chi connectivity index (χ1v) is 9.38. The number of hydrogen-bond donors (Lipinski definition) is 0. The predicted molar refractivity (Wildman–Crippen MR) is 101 cm³/mol. The number of esters is 1. The van der Waals surface area contributed by atoms with Crippen LogP contribution in [0.15, 0.2) is 54.6 Å². The van der Waals surface area contributed by atoms with E-state index in [9.17, 15) is 9.59 Å². The topological polar surface area (TPSA) is 65.1 Å². The van der Waals surface area contributed by atoms with Crippen molar-refractivity contribution in [1.29, 1.82) is 0 Å². The number of ether oxygens (including phenoxy) is 3. The highest BCUT2D eigenvalue weighted by Gasteiger charge is 2.54. The van der Waals surface area contributed by atoms with Crippen LogP contribution in [-0.2, 0) is 25.6 Å². The summed E-state index contributed by atoms with van der Waals surface area (Å²) < 4.78 is 17.1. The minimum absolute atomic E-state index is 0.141. The molecule has 2 aromatic rings. The third kappa shape index (κ3) is 3.47. The summed E-state index contributed by atoms with van der Waals surface area (Å²) in [5.41, 5.74) is 3.09. The Morgan fingerprint density at radius 1 is 1.00 bits per heavy atom. The fourth-order valence-electron chi connectivity index (χ4n) is 4.08. The Hall–Kier alpha value is -2.86. The number of amides is 1. The van der Waals surface area contributed by atoms with Gasteiger partial charge in [-0.3, -0.25) is 4.79 Å². The van der Waals surface area contributed by atoms with Crippen LogP contribution in [0.5, 0.6) is 0 Å². The monoisotopic (exact) mass is 381 g/mol. The number of carbonyl (C=O) groups excluding carboxylic acids is 2. The Bertz CT molecular complexity index is 868. The van der Waals surface area contributed by atoms with Crippen LogP contribution in [0, 0.1) is 5.92 Å². The Kier molecular flexibility index (Phi) is 5.05. The summed E-state index contributed by atoms with van der Waals surface area (Å²) in [6, 6.07) is 17.5. The average molecular weight is 381 g/mol. The average Bonchev–Trinajstić information content (AvgIpc) is 3.24. The molecular weight excluding hydrogens is 358 g/mol. The molecule has 6 nitrogen and oxygen atoms in total. The third-order valence-electron chi connectivity index (χ3n) is 5.32. The molecule has 1 saturated heterocycles. The Labute approximate surface area is 164 Å². The molecule has 146 valence electrons. The normalized spacial score (nSPS) is 24.5. The van der Waals surface area contributed by atoms with Crippen LogP contribution in [0.1, 0.15) is 35.8 Å². The molecule has 2 aliphatic rings. The standard InChI is InChI=1S/C22H23NO5/c1-14(24)27-21-18(19-16-10-6-7-11-17(16)20(21)28-19)12-23(2)22(25)26-13-15-8-4-3-5-9-15/h3-11,18-21H,12-13H2,1-2H3/t18-,19-,20+,21-/m0/s1. The van der Waals surface area contributed by atoms with Crippen LogP contribution in [0.4, 0.5) is 4.79 Å². The van der Waals surface area contributed by atoms with Gasteiger partial charge < -0.3 is 19.1 Å². The maximum Gasteiger partial charge on any atom is 0.409 e. The van der Waals surface area contributed by atoms with Crippen molar-refractivity contribution < 1.29 is 23.8 Å². The Balaban J connectivity index is 1.45. The SMILES string of the molecule is CC(=O)O[C@H]1[C@@H](CN(C)C(=O)OCc2ccccc2)[C@H]2O[C@@H]1c1ccccc12. The lowest BCUT2D eigenvalue weighted by atomic mass is 9.81. The van der Waals surface area contributed by atoms with Gasteiger partial charge in [0.2, 0.25) is 0 Å². The summed E-state index contributed by atoms with van der Waals surface area (Å²) in [6.07, 6.45) is -1.32. The molecule has 2 bridgehead atoms. The lowest BCUT2D eigenvalue weighted by molar-refractivity contribution is -0.151. The van der Waals surface area contributed by atoms with E-state index >= 15 is 0 Å². The molecule has 0 radical (unpaired) electrons. The summed E-state index contributed by atoms with van der Waals surface area (Å²) in [7, 11) is 1.69. The molecule has 2 heterocycles. The maximum atomic E-state index is 12.4. The second-order valence-corrected chi connectivity index (χ2v) is 7.26. The summed E-state index contributed by atoms with van der Waals surface area (Å²) in [4.78, 5) is 25.6. The minimum Gasteiger partial charge on any atom is -0.459 e. The quantitative estimate of drug-likeness (QED) is 0.740. The molecule has 0 aromatic heterocycles. The van der Waals surface area contributed by atoms with Crippen LogP contribution in [-0.4, -0.2) is 36.7 Å². The van der Waals surface area contributed by atoms with Crippen LogP contribution in [0.3, 0.4) is 0 Å². The molecule has 0 spiro atoms. The van der Waals surface area contributed by atoms with Crippen molar-refractivity contribution in [3.8, 4) is 0 Å². The zero-order chi connectivity index (χ0) is 19.7. The minimum atomic E-state index is -0.415. The molecule has 0 unspecified atom stereocenters. The lowest BCUT2D eigenvalue weighted by Crippen LogP contribution is -2.40. The Morgan fingerprint density at radius 3 is 2.32 bits per heavy atom. The third-order valence-corrected chi connectivity index (χ3v) is 5.32. The predicted octanol–water partition coefficient (Wildman–Crippen LogP) is 3.63. The van der Waals surface area contributed by atoms with Crippen molar-refractivity contribution in [2.75, 3.05) is 13.6 Å². The van der Waals surface area contributed by atoms with E-state index in [2.05, 4.69) is 0 Å². The second kappa shape index (κ2) is 7.64. The van der Waals surface area contributed by atoms with Crippen LogP contribution < -0.4 is 0 Å². The molecular formula is C22H23NO5. The number of fused-ring (bicyclic) bond motifs is 5. The van der Waals surface area contributed by atoms with Gasteiger partial charge in [-0.25, -0.2) is 4.79 Å². The van der Waals surface area contributed by atoms with Crippen LogP contribution >= 0.6 is 0 Å². The largest absolute Gasteiger partial charge is 0.459 e. The Morgan fingerprint density at radius 2 is 1.64 bits per heavy atom. The van der Waals surface area contributed by atoms with Crippen molar-refractivity contribution >= 4 is 12.1 Å². The van der Waals surface area contributed by atoms with E-state index in [1.807, 2.05) is 54.6 Å². The summed E-state index contributed by atoms with van der Waals surface area (Å²) in [5, 5.41) is 0. The molecule has 2 aliphatic heterocycles. The molecule has 6 heteroatoms. The van der Waals surface area contributed by atoms with Crippen LogP contribution in [0.25, 0.3) is 0 Å². The zero-order valence-electron chi connectivity index (χ0n) is 15.9. The zero-order valence-corrected chi connectivity index (χ0v) is 15.9. The number of benzene rings is 2. The van der Waals surface area contributed by atoms with Crippen LogP contribution in [0.2, 0.25) is 0 Å². The van der Waals surface area contributed by atoms with Gasteiger partial charge in [0.25, 0.3) is 0 Å². The molecule has 0 N–H and O–H groups in total. The van der Waals surface area contributed by atoms with Crippen molar-refractivity contribution in [1.82, 2.24) is 4.90 Å². The van der Waals surface area contributed by atoms with Gasteiger partial charge in [-0.2, -0.15) is 0 Å². The van der Waals surface area contributed by atoms with Gasteiger partial charge in [0.1, 0.15) is 18.8 Å². The summed E-state index contributed by atoms with van der Waals surface area (Å²) >= 11 is 0. The molecule has 4 atom stereocenters. The van der Waals surface area contributed by atoms with E-state index in [0.29, 0.717) is 6.54 Å². The highest BCUT2D eigenvalue weighted by atomic mass is 16.6. The highest BCUT2D eigenvalue weighted by Crippen LogP contribution is 2.55. The van der Waals surface area contributed by atoms with Crippen molar-refractivity contribution in [2.45, 2.75) is 31.8 Å². The molecule has 1 fully saturated rings. The van der Waals surface area contributed by atoms with Gasteiger partial charge in [0.15, 0.2) is 0 Å². The maximum absolute atomic E-state index is 12.4. The van der Waals surface area contributed by atoms with Gasteiger partial charge in [-0.05, 0) is 16.7 Å². The van der Waals surface area contributed by atoms with E-state index in [1.165, 1.54) is 11.8 Å². The van der Waals surface area contributed by atoms with Gasteiger partial charge in [-0.1, -0.05) is 54.6 Å². The summed E-state index contributed by atoms with van der Waals surface area (Å²) in [6.45, 7) is 1.99. The second-order valence-electron chi connectivity index (χ2n) is 7.26. The smallest absolute Gasteiger partial charge is 0.409 e. The number of nitrogens with zero attached hydrogens (tertiary/aromatic N) is 1. The first-order chi connectivity index (χ1) is 13.5. The fraction of sp³-hybridized carbons (Fsp3) is 0.364. The van der Waals surface area contributed by atoms with Gasteiger partial charge in [0.05, 0.1) is 6.10 Å². The molecule has 0 saturated carbocycles. The number of hydrogen-bond acceptors (Lipinski definition) is 5. The van der Waals surface area contributed by atoms with E-state index in [0.717, 1.165) is 16.7 Å². The summed E-state index contributed by atoms with van der Waals surface area (Å²) in [5.74, 6) is -0.490. The fourth-order valence-corrected chi connectivity index (χ4v) is 4.08. The van der Waals surface area contributed by atoms with E-state index in [4.69, 9.17) is 14.2 Å². The van der Waals surface area contributed by atoms with Crippen molar-refractivity contribution in [3.05, 3.63) is 71.3 Å². The first kappa shape index (κ1) is 18.5.